The van der Waals surface area contributed by atoms with Gasteiger partial charge in [-0.3, -0.25) is 0 Å². The Hall–Kier alpha value is -0.730. The van der Waals surface area contributed by atoms with E-state index >= 15 is 0 Å². The zero-order valence-corrected chi connectivity index (χ0v) is 8.43. The van der Waals surface area contributed by atoms with E-state index in [0.717, 1.165) is 12.3 Å². The van der Waals surface area contributed by atoms with E-state index in [-0.39, 0.29) is 12.4 Å². The molecule has 0 aromatic heterocycles. The molecule has 1 atom stereocenters. The van der Waals surface area contributed by atoms with Crippen LogP contribution in [-0.2, 0) is 0 Å². The number of rotatable bonds is 2. The van der Waals surface area contributed by atoms with Gasteiger partial charge in [-0.25, -0.2) is 0 Å². The van der Waals surface area contributed by atoms with Crippen LogP contribution in [0.5, 0.6) is 5.75 Å². The van der Waals surface area contributed by atoms with Gasteiger partial charge >= 0.3 is 0 Å². The minimum atomic E-state index is 0. The Labute approximate surface area is 84.7 Å². The molecule has 2 rings (SSSR count). The van der Waals surface area contributed by atoms with Crippen molar-refractivity contribution in [2.75, 3.05) is 13.7 Å². The first-order valence-corrected chi connectivity index (χ1v) is 4.27. The normalized spacial score (nSPS) is 19.9. The van der Waals surface area contributed by atoms with Gasteiger partial charge < -0.3 is 10.1 Å². The summed E-state index contributed by atoms with van der Waals surface area (Å²) in [5.74, 6) is 0.929. The third kappa shape index (κ3) is 2.14. The molecule has 0 aliphatic carbocycles. The van der Waals surface area contributed by atoms with Crippen LogP contribution in [0.1, 0.15) is 18.0 Å². The summed E-state index contributed by atoms with van der Waals surface area (Å²) in [5.41, 5.74) is 1.36. The van der Waals surface area contributed by atoms with Crippen LogP contribution in [0.4, 0.5) is 0 Å². The quantitative estimate of drug-likeness (QED) is 0.788. The summed E-state index contributed by atoms with van der Waals surface area (Å²) in [7, 11) is 1.69. The molecule has 1 aromatic carbocycles. The summed E-state index contributed by atoms with van der Waals surface area (Å²) in [5, 5.41) is 3.36. The molecule has 3 heteroatoms. The van der Waals surface area contributed by atoms with Crippen LogP contribution in [0.25, 0.3) is 0 Å². The molecule has 1 heterocycles. The number of benzene rings is 1. The van der Waals surface area contributed by atoms with Crippen LogP contribution in [0.2, 0.25) is 0 Å². The Balaban J connectivity index is 0.000000845. The van der Waals surface area contributed by atoms with Crippen molar-refractivity contribution in [2.24, 2.45) is 0 Å². The Bertz CT molecular complexity index is 256. The van der Waals surface area contributed by atoms with Gasteiger partial charge in [0.15, 0.2) is 0 Å². The van der Waals surface area contributed by atoms with E-state index in [1.807, 2.05) is 12.1 Å². The van der Waals surface area contributed by atoms with Crippen LogP contribution >= 0.6 is 12.4 Å². The monoisotopic (exact) mass is 199 g/mol. The highest BCUT2D eigenvalue weighted by Crippen LogP contribution is 2.24. The van der Waals surface area contributed by atoms with Crippen LogP contribution in [0, 0.1) is 0 Å². The standard InChI is InChI=1S/C10H13NO.ClH/c1-12-9-4-2-8(3-5-9)10-6-7-11-10;/h2-5,10-11H,6-7H2,1H3;1H/t10-;/m0./s1. The first-order chi connectivity index (χ1) is 5.90. The van der Waals surface area contributed by atoms with Crippen LogP contribution < -0.4 is 10.1 Å². The molecule has 72 valence electrons. The summed E-state index contributed by atoms with van der Waals surface area (Å²) in [6.45, 7) is 1.15. The molecule has 0 unspecified atom stereocenters. The maximum Gasteiger partial charge on any atom is 0.118 e. The van der Waals surface area contributed by atoms with Crippen LogP contribution in [0.15, 0.2) is 24.3 Å². The first kappa shape index (κ1) is 10.4. The van der Waals surface area contributed by atoms with Gasteiger partial charge in [-0.1, -0.05) is 12.1 Å². The average molecular weight is 200 g/mol. The van der Waals surface area contributed by atoms with Crippen molar-refractivity contribution in [1.82, 2.24) is 5.32 Å². The van der Waals surface area contributed by atoms with Crippen molar-refractivity contribution >= 4 is 12.4 Å². The molecule has 0 radical (unpaired) electrons. The maximum atomic E-state index is 5.08. The van der Waals surface area contributed by atoms with Crippen molar-refractivity contribution in [1.29, 1.82) is 0 Å². The highest BCUT2D eigenvalue weighted by Gasteiger charge is 2.17. The molecule has 1 N–H and O–H groups in total. The van der Waals surface area contributed by atoms with Crippen molar-refractivity contribution in [3.05, 3.63) is 29.8 Å². The smallest absolute Gasteiger partial charge is 0.118 e. The summed E-state index contributed by atoms with van der Waals surface area (Å²) in [6, 6.07) is 8.84. The van der Waals surface area contributed by atoms with Gasteiger partial charge in [0.2, 0.25) is 0 Å². The lowest BCUT2D eigenvalue weighted by Gasteiger charge is -2.27. The number of nitrogens with one attached hydrogen (secondary N) is 1. The van der Waals surface area contributed by atoms with E-state index in [9.17, 15) is 0 Å². The second kappa shape index (κ2) is 4.49. The Morgan fingerprint density at radius 2 is 1.92 bits per heavy atom. The fraction of sp³-hybridized carbons (Fsp3) is 0.400. The van der Waals surface area contributed by atoms with Gasteiger partial charge in [0.25, 0.3) is 0 Å². The highest BCUT2D eigenvalue weighted by atomic mass is 35.5. The van der Waals surface area contributed by atoms with Gasteiger partial charge in [0, 0.05) is 6.04 Å². The van der Waals surface area contributed by atoms with Gasteiger partial charge in [-0.05, 0) is 30.7 Å². The fourth-order valence-electron chi connectivity index (χ4n) is 1.41. The van der Waals surface area contributed by atoms with Crippen molar-refractivity contribution in [3.63, 3.8) is 0 Å². The van der Waals surface area contributed by atoms with E-state index in [4.69, 9.17) is 4.74 Å². The number of hydrogen-bond donors (Lipinski definition) is 1. The third-order valence-electron chi connectivity index (χ3n) is 2.34. The summed E-state index contributed by atoms with van der Waals surface area (Å²) in [6.07, 6.45) is 1.26. The van der Waals surface area contributed by atoms with Gasteiger partial charge in [-0.15, -0.1) is 12.4 Å². The average Bonchev–Trinajstić information content (AvgIpc) is 2.03. The first-order valence-electron chi connectivity index (χ1n) is 4.27. The highest BCUT2D eigenvalue weighted by molar-refractivity contribution is 5.85. The van der Waals surface area contributed by atoms with E-state index in [1.165, 1.54) is 12.0 Å². The predicted molar refractivity (Wildman–Crippen MR) is 55.6 cm³/mol. The number of halogens is 1. The summed E-state index contributed by atoms with van der Waals surface area (Å²) < 4.78 is 5.08. The largest absolute Gasteiger partial charge is 0.497 e. The van der Waals surface area contributed by atoms with Gasteiger partial charge in [-0.2, -0.15) is 0 Å². The molecular formula is C10H14ClNO. The Kier molecular flexibility index (Phi) is 3.58. The molecule has 0 saturated carbocycles. The molecule has 1 saturated heterocycles. The van der Waals surface area contributed by atoms with E-state index in [0.29, 0.717) is 6.04 Å². The lowest BCUT2D eigenvalue weighted by atomic mass is 9.98. The van der Waals surface area contributed by atoms with Gasteiger partial charge in [0.05, 0.1) is 7.11 Å². The zero-order valence-electron chi connectivity index (χ0n) is 7.62. The minimum absolute atomic E-state index is 0. The Morgan fingerprint density at radius 1 is 1.31 bits per heavy atom. The Morgan fingerprint density at radius 3 is 2.31 bits per heavy atom. The van der Waals surface area contributed by atoms with E-state index < -0.39 is 0 Å². The van der Waals surface area contributed by atoms with Gasteiger partial charge in [0.1, 0.15) is 5.75 Å². The van der Waals surface area contributed by atoms with Crippen molar-refractivity contribution in [2.45, 2.75) is 12.5 Å². The molecule has 2 nitrogen and oxygen atoms in total. The van der Waals surface area contributed by atoms with Crippen LogP contribution in [0.3, 0.4) is 0 Å². The molecular weight excluding hydrogens is 186 g/mol. The van der Waals surface area contributed by atoms with E-state index in [2.05, 4.69) is 17.4 Å². The van der Waals surface area contributed by atoms with Crippen LogP contribution in [-0.4, -0.2) is 13.7 Å². The second-order valence-electron chi connectivity index (χ2n) is 3.07. The minimum Gasteiger partial charge on any atom is -0.497 e. The second-order valence-corrected chi connectivity index (χ2v) is 3.07. The topological polar surface area (TPSA) is 21.3 Å². The lowest BCUT2D eigenvalue weighted by Crippen LogP contribution is -2.34. The molecule has 1 aliphatic rings. The molecule has 0 bridgehead atoms. The predicted octanol–water partition coefficient (Wildman–Crippen LogP) is 2.15. The molecule has 1 fully saturated rings. The molecule has 0 amide bonds. The van der Waals surface area contributed by atoms with E-state index in [1.54, 1.807) is 7.11 Å². The molecule has 13 heavy (non-hydrogen) atoms. The zero-order chi connectivity index (χ0) is 8.39. The fourth-order valence-corrected chi connectivity index (χ4v) is 1.41. The molecule has 1 aliphatic heterocycles. The molecule has 1 aromatic rings. The third-order valence-corrected chi connectivity index (χ3v) is 2.34. The summed E-state index contributed by atoms with van der Waals surface area (Å²) >= 11 is 0. The lowest BCUT2D eigenvalue weighted by molar-refractivity contribution is 0.381. The SMILES string of the molecule is COc1ccc([C@@H]2CCN2)cc1.Cl. The number of hydrogen-bond acceptors (Lipinski definition) is 2. The maximum absolute atomic E-state index is 5.08. The number of methoxy groups -OCH3 is 1. The number of ether oxygens (including phenoxy) is 1. The molecule has 0 spiro atoms. The van der Waals surface area contributed by atoms with Crippen molar-refractivity contribution in [3.8, 4) is 5.75 Å². The summed E-state index contributed by atoms with van der Waals surface area (Å²) in [4.78, 5) is 0. The van der Waals surface area contributed by atoms with Crippen molar-refractivity contribution < 1.29 is 4.74 Å².